The number of benzene rings is 4. The van der Waals surface area contributed by atoms with Crippen LogP contribution in [0.4, 0.5) is 9.59 Å². The van der Waals surface area contributed by atoms with Gasteiger partial charge in [0.25, 0.3) is 0 Å². The molecule has 0 bridgehead atoms. The van der Waals surface area contributed by atoms with Gasteiger partial charge in [0.2, 0.25) is 0 Å². The number of hydrogen-bond acceptors (Lipinski definition) is 12. The van der Waals surface area contributed by atoms with E-state index in [0.29, 0.717) is 43.2 Å². The maximum absolute atomic E-state index is 12.2. The minimum atomic E-state index is -3.37. The van der Waals surface area contributed by atoms with Crippen LogP contribution in [0, 0.1) is 0 Å². The minimum absolute atomic E-state index is 0.153. The molecule has 0 aliphatic heterocycles. The van der Waals surface area contributed by atoms with Crippen LogP contribution in [-0.2, 0) is 45.9 Å². The number of hydrazone groups is 2. The molecule has 4 aromatic carbocycles. The lowest BCUT2D eigenvalue weighted by Crippen LogP contribution is -2.34. The van der Waals surface area contributed by atoms with Gasteiger partial charge in [-0.2, -0.15) is 10.2 Å². The van der Waals surface area contributed by atoms with Gasteiger partial charge >= 0.3 is 18.8 Å². The molecule has 18 heteroatoms. The molecule has 73 heavy (non-hydrogen) atoms. The van der Waals surface area contributed by atoms with E-state index in [2.05, 4.69) is 45.3 Å². The Labute approximate surface area is 446 Å². The van der Waals surface area contributed by atoms with E-state index in [9.17, 15) is 9.59 Å². The molecule has 2 atom stereocenters. The van der Waals surface area contributed by atoms with Gasteiger partial charge in [0.1, 0.15) is 39.8 Å². The molecular weight excluding hydrogens is 999 g/mol. The molecule has 2 N–H and O–H groups in total. The van der Waals surface area contributed by atoms with Crippen molar-refractivity contribution in [3.63, 3.8) is 0 Å². The Hall–Kier alpha value is -5.14. The van der Waals surface area contributed by atoms with Crippen LogP contribution >= 0.6 is 13.5 Å². The van der Waals surface area contributed by atoms with Crippen LogP contribution in [0.3, 0.4) is 0 Å². The van der Waals surface area contributed by atoms with E-state index in [1.54, 1.807) is 18.0 Å². The SMILES string of the molecule is CCCC(CC)(Oc1ccc(/C=N/N(C)P(=S)(Oc2ccc(CCNC(=O)OC(C)(C)C)cc2)Oc2ccc(CCNC(=O)OC(C)(C)C)cc2)cc1)[PH](=S)N(C)/N=C/c1ccc(OC(CC)(CC)CC)cc1. The van der Waals surface area contributed by atoms with Gasteiger partial charge in [-0.1, -0.05) is 77.1 Å². The van der Waals surface area contributed by atoms with Gasteiger partial charge in [-0.05, 0) is 182 Å². The molecule has 2 amide bonds. The standard InChI is InChI=1S/C55H80N6O8P2S2/c1-14-37-55(18-5,70(72)60(12)58-40-44-23-27-46(28-24-44)64-54(15-2,16-3)17-4)65-47-29-25-45(26-30-47)41-59-61(13)71(73,68-48-31-19-42(20-32-48)35-38-56-50(62)66-52(6,7)8)69-49-33-21-43(22-34-49)36-39-57-51(63)67-53(9,10)11/h19-34,40-41,70H,14-18,35-39H2,1-13H3,(H,56,62)(H,57,63)/b58-40+,59-41+. The third kappa shape index (κ3) is 19.9. The Morgan fingerprint density at radius 3 is 1.38 bits per heavy atom. The lowest BCUT2D eigenvalue weighted by Gasteiger charge is -2.37. The second-order valence-electron chi connectivity index (χ2n) is 19.8. The first-order chi connectivity index (χ1) is 34.5. The van der Waals surface area contributed by atoms with E-state index >= 15 is 0 Å². The van der Waals surface area contributed by atoms with Crippen molar-refractivity contribution in [2.24, 2.45) is 10.2 Å². The molecule has 14 nitrogen and oxygen atoms in total. The summed E-state index contributed by atoms with van der Waals surface area (Å²) < 4.78 is 40.5. The third-order valence-corrected chi connectivity index (χ3v) is 18.8. The number of rotatable bonds is 27. The first-order valence-electron chi connectivity index (χ1n) is 25.3. The first kappa shape index (κ1) is 60.4. The Balaban J connectivity index is 1.48. The van der Waals surface area contributed by atoms with Crippen molar-refractivity contribution in [3.05, 3.63) is 119 Å². The molecule has 4 aromatic rings. The molecule has 0 aromatic heterocycles. The molecule has 0 saturated heterocycles. The van der Waals surface area contributed by atoms with E-state index in [0.717, 1.165) is 66.5 Å². The van der Waals surface area contributed by atoms with Gasteiger partial charge in [-0.15, -0.1) is 0 Å². The molecule has 0 saturated carbocycles. The summed E-state index contributed by atoms with van der Waals surface area (Å²) in [5.74, 6) is 2.55. The maximum Gasteiger partial charge on any atom is 0.410 e. The molecule has 0 radical (unpaired) electrons. The Morgan fingerprint density at radius 2 is 1.00 bits per heavy atom. The highest BCUT2D eigenvalue weighted by atomic mass is 32.5. The Bertz CT molecular complexity index is 2390. The summed E-state index contributed by atoms with van der Waals surface area (Å²) in [6.07, 6.45) is 9.05. The van der Waals surface area contributed by atoms with Crippen LogP contribution < -0.4 is 29.2 Å². The molecular formula is C55H80N6O8P2S2. The van der Waals surface area contributed by atoms with E-state index in [1.807, 2.05) is 157 Å². The molecule has 0 aliphatic carbocycles. The van der Waals surface area contributed by atoms with Crippen LogP contribution in [0.1, 0.15) is 137 Å². The average molecular weight is 1080 g/mol. The average Bonchev–Trinajstić information content (AvgIpc) is 3.34. The zero-order chi connectivity index (χ0) is 53.9. The molecule has 0 spiro atoms. The van der Waals surface area contributed by atoms with E-state index in [1.165, 1.54) is 0 Å². The maximum atomic E-state index is 12.2. The summed E-state index contributed by atoms with van der Waals surface area (Å²) in [7, 11) is 3.67. The Morgan fingerprint density at radius 1 is 0.603 bits per heavy atom. The van der Waals surface area contributed by atoms with Crippen LogP contribution in [-0.4, -0.2) is 83.5 Å². The molecule has 2 unspecified atom stereocenters. The number of ether oxygens (including phenoxy) is 4. The van der Waals surface area contributed by atoms with E-state index in [-0.39, 0.29) is 5.60 Å². The fourth-order valence-corrected chi connectivity index (χ4v) is 12.1. The number of hydrogen-bond donors (Lipinski definition) is 2. The fraction of sp³-hybridized carbons (Fsp3) is 0.491. The van der Waals surface area contributed by atoms with Gasteiger partial charge < -0.3 is 38.6 Å². The van der Waals surface area contributed by atoms with Crippen LogP contribution in [0.5, 0.6) is 23.0 Å². The molecule has 0 aliphatic rings. The molecule has 4 rings (SSSR count). The number of nitrogens with zero attached hydrogens (tertiary/aromatic N) is 4. The van der Waals surface area contributed by atoms with Crippen molar-refractivity contribution in [3.8, 4) is 23.0 Å². The zero-order valence-electron chi connectivity index (χ0n) is 45.3. The highest BCUT2D eigenvalue weighted by Crippen LogP contribution is 2.52. The number of carbonyl (C=O) groups excluding carboxylic acids is 2. The monoisotopic (exact) mass is 1080 g/mol. The fourth-order valence-electron chi connectivity index (χ4n) is 7.49. The smallest absolute Gasteiger partial charge is 0.410 e. The van der Waals surface area contributed by atoms with Crippen molar-refractivity contribution in [1.82, 2.24) is 20.2 Å². The summed E-state index contributed by atoms with van der Waals surface area (Å²) in [5.41, 5.74) is 2.42. The van der Waals surface area contributed by atoms with Gasteiger partial charge in [0.15, 0.2) is 5.34 Å². The first-order valence-corrected chi connectivity index (χ1v) is 30.4. The summed E-state index contributed by atoms with van der Waals surface area (Å²) in [4.78, 5) is 24.3. The van der Waals surface area contributed by atoms with Crippen molar-refractivity contribution < 1.29 is 37.6 Å². The summed E-state index contributed by atoms with van der Waals surface area (Å²) in [6.45, 7) is 17.4. The molecule has 400 valence electrons. The lowest BCUT2D eigenvalue weighted by atomic mass is 9.94. The topological polar surface area (TPSA) is 145 Å². The number of nitrogens with one attached hydrogen (secondary N) is 2. The second kappa shape index (κ2) is 28.0. The largest absolute Gasteiger partial charge is 0.487 e. The van der Waals surface area contributed by atoms with Crippen molar-refractivity contribution in [1.29, 1.82) is 0 Å². The molecule has 0 heterocycles. The summed E-state index contributed by atoms with van der Waals surface area (Å²) in [6, 6.07) is 30.8. The van der Waals surface area contributed by atoms with Crippen molar-refractivity contribution in [2.45, 2.75) is 150 Å². The van der Waals surface area contributed by atoms with Gasteiger partial charge in [0.05, 0.1) is 19.3 Å². The predicted molar refractivity (Wildman–Crippen MR) is 306 cm³/mol. The van der Waals surface area contributed by atoms with Gasteiger partial charge in [0, 0.05) is 39.0 Å². The normalized spacial score (nSPS) is 13.4. The predicted octanol–water partition coefficient (Wildman–Crippen LogP) is 13.7. The number of carbonyl (C=O) groups is 2. The minimum Gasteiger partial charge on any atom is -0.487 e. The van der Waals surface area contributed by atoms with Gasteiger partial charge in [-0.25, -0.2) is 14.4 Å². The Kier molecular flexibility index (Phi) is 23.1. The third-order valence-electron chi connectivity index (χ3n) is 11.8. The zero-order valence-corrected chi connectivity index (χ0v) is 48.8. The lowest BCUT2D eigenvalue weighted by molar-refractivity contribution is 0.0517. The quantitative estimate of drug-likeness (QED) is 0.0333. The van der Waals surface area contributed by atoms with Crippen LogP contribution in [0.15, 0.2) is 107 Å². The molecule has 0 fully saturated rings. The number of alkyl carbamates (subject to hydrolysis) is 2. The van der Waals surface area contributed by atoms with Crippen molar-refractivity contribution >= 4 is 61.7 Å². The van der Waals surface area contributed by atoms with E-state index in [4.69, 9.17) is 61.8 Å². The highest BCUT2D eigenvalue weighted by molar-refractivity contribution is 8.09. The summed E-state index contributed by atoms with van der Waals surface area (Å²) >= 11 is 12.5. The van der Waals surface area contributed by atoms with Gasteiger partial charge in [-0.3, -0.25) is 4.78 Å². The van der Waals surface area contributed by atoms with Crippen LogP contribution in [0.2, 0.25) is 0 Å². The second-order valence-corrected chi connectivity index (χ2v) is 26.4. The van der Waals surface area contributed by atoms with E-state index < -0.39 is 42.2 Å². The number of amides is 2. The van der Waals surface area contributed by atoms with Crippen molar-refractivity contribution in [2.75, 3.05) is 27.2 Å². The highest BCUT2D eigenvalue weighted by Gasteiger charge is 2.36. The van der Waals surface area contributed by atoms with Crippen LogP contribution in [0.25, 0.3) is 0 Å². The summed E-state index contributed by atoms with van der Waals surface area (Å²) in [5, 5.41) is 14.6.